The van der Waals surface area contributed by atoms with Crippen molar-refractivity contribution in [1.29, 1.82) is 0 Å². The van der Waals surface area contributed by atoms with E-state index in [1.165, 1.54) is 19.3 Å². The number of rotatable bonds is 4. The predicted molar refractivity (Wildman–Crippen MR) is 96.7 cm³/mol. The molecule has 0 amide bonds. The standard InChI is InChI=1S/C18H31N2OP/c1-17(2)10-14(11-18(3,4)13-17)12-20-16-9-15(7-8-19-16)22(5,6)21/h7-9,14H,10-13H2,1-6H3,(H,19,20). The van der Waals surface area contributed by atoms with Gasteiger partial charge >= 0.3 is 0 Å². The Morgan fingerprint density at radius 1 is 1.23 bits per heavy atom. The highest BCUT2D eigenvalue weighted by molar-refractivity contribution is 7.70. The summed E-state index contributed by atoms with van der Waals surface area (Å²) in [6, 6.07) is 3.80. The predicted octanol–water partition coefficient (Wildman–Crippen LogP) is 4.59. The van der Waals surface area contributed by atoms with Crippen LogP contribution >= 0.6 is 7.14 Å². The molecule has 0 aromatic carbocycles. The molecule has 0 spiro atoms. The van der Waals surface area contributed by atoms with Crippen molar-refractivity contribution < 1.29 is 4.57 Å². The van der Waals surface area contributed by atoms with Crippen molar-refractivity contribution >= 4 is 18.3 Å². The van der Waals surface area contributed by atoms with Crippen LogP contribution in [-0.4, -0.2) is 24.9 Å². The number of aromatic nitrogens is 1. The monoisotopic (exact) mass is 322 g/mol. The molecule has 0 atom stereocenters. The Morgan fingerprint density at radius 3 is 2.36 bits per heavy atom. The van der Waals surface area contributed by atoms with Crippen molar-refractivity contribution in [2.45, 2.75) is 47.0 Å². The first-order valence-electron chi connectivity index (χ1n) is 8.22. The minimum Gasteiger partial charge on any atom is -0.370 e. The highest BCUT2D eigenvalue weighted by atomic mass is 31.2. The van der Waals surface area contributed by atoms with E-state index in [9.17, 15) is 4.57 Å². The first-order valence-corrected chi connectivity index (χ1v) is 10.8. The van der Waals surface area contributed by atoms with Gasteiger partial charge in [0.15, 0.2) is 0 Å². The third-order valence-corrected chi connectivity index (χ3v) is 6.10. The maximum atomic E-state index is 12.2. The summed E-state index contributed by atoms with van der Waals surface area (Å²) in [6.07, 6.45) is 5.55. The average Bonchev–Trinajstić information content (AvgIpc) is 2.32. The number of hydrogen-bond acceptors (Lipinski definition) is 3. The minimum absolute atomic E-state index is 0.409. The van der Waals surface area contributed by atoms with Gasteiger partial charge in [-0.05, 0) is 61.5 Å². The zero-order valence-corrected chi connectivity index (χ0v) is 15.8. The topological polar surface area (TPSA) is 42.0 Å². The van der Waals surface area contributed by atoms with E-state index in [1.54, 1.807) is 19.5 Å². The van der Waals surface area contributed by atoms with Crippen molar-refractivity contribution in [3.63, 3.8) is 0 Å². The highest BCUT2D eigenvalue weighted by Crippen LogP contribution is 2.48. The van der Waals surface area contributed by atoms with Crippen molar-refractivity contribution in [3.8, 4) is 0 Å². The van der Waals surface area contributed by atoms with E-state index < -0.39 is 7.14 Å². The van der Waals surface area contributed by atoms with Crippen LogP contribution in [0.15, 0.2) is 18.3 Å². The van der Waals surface area contributed by atoms with Gasteiger partial charge in [0, 0.05) is 18.0 Å². The second-order valence-electron chi connectivity index (χ2n) is 8.91. The van der Waals surface area contributed by atoms with E-state index in [-0.39, 0.29) is 0 Å². The Labute approximate surface area is 135 Å². The summed E-state index contributed by atoms with van der Waals surface area (Å²) in [6.45, 7) is 14.1. The summed E-state index contributed by atoms with van der Waals surface area (Å²) < 4.78 is 12.2. The van der Waals surface area contributed by atoms with Crippen molar-refractivity contribution in [2.24, 2.45) is 16.7 Å². The maximum absolute atomic E-state index is 12.2. The molecule has 124 valence electrons. The van der Waals surface area contributed by atoms with Crippen LogP contribution in [0.3, 0.4) is 0 Å². The zero-order chi connectivity index (χ0) is 16.6. The fraction of sp³-hybridized carbons (Fsp3) is 0.722. The Hall–Kier alpha value is -0.820. The normalized spacial score (nSPS) is 21.5. The molecule has 1 fully saturated rings. The summed E-state index contributed by atoms with van der Waals surface area (Å²) >= 11 is 0. The molecule has 1 aromatic rings. The van der Waals surface area contributed by atoms with Crippen LogP contribution < -0.4 is 10.6 Å². The molecular formula is C18H31N2OP. The zero-order valence-electron chi connectivity index (χ0n) is 14.9. The lowest BCUT2D eigenvalue weighted by Crippen LogP contribution is -2.36. The molecule has 0 radical (unpaired) electrons. The molecule has 1 saturated carbocycles. The van der Waals surface area contributed by atoms with Crippen LogP contribution in [0.1, 0.15) is 47.0 Å². The first kappa shape index (κ1) is 17.5. The SMILES string of the molecule is CC1(C)CC(CNc2cc(P(C)(C)=O)ccn2)CC(C)(C)C1. The second kappa shape index (κ2) is 6.00. The molecule has 1 N–H and O–H groups in total. The summed E-state index contributed by atoms with van der Waals surface area (Å²) in [7, 11) is -2.22. The van der Waals surface area contributed by atoms with E-state index in [2.05, 4.69) is 38.0 Å². The van der Waals surface area contributed by atoms with E-state index in [0.717, 1.165) is 17.7 Å². The van der Waals surface area contributed by atoms with E-state index in [1.807, 2.05) is 12.1 Å². The number of hydrogen-bond donors (Lipinski definition) is 1. The van der Waals surface area contributed by atoms with Gasteiger partial charge in [-0.25, -0.2) is 4.98 Å². The van der Waals surface area contributed by atoms with Gasteiger partial charge in [0.25, 0.3) is 0 Å². The van der Waals surface area contributed by atoms with Gasteiger partial charge < -0.3 is 9.88 Å². The van der Waals surface area contributed by atoms with E-state index in [4.69, 9.17) is 0 Å². The van der Waals surface area contributed by atoms with Gasteiger partial charge in [-0.2, -0.15) is 0 Å². The Balaban J connectivity index is 2.03. The molecule has 1 heterocycles. The number of pyridine rings is 1. The third-order valence-electron chi connectivity index (χ3n) is 4.58. The lowest BCUT2D eigenvalue weighted by molar-refractivity contribution is 0.0728. The van der Waals surface area contributed by atoms with Crippen LogP contribution in [0, 0.1) is 16.7 Å². The van der Waals surface area contributed by atoms with E-state index >= 15 is 0 Å². The Morgan fingerprint density at radius 2 is 1.82 bits per heavy atom. The lowest BCUT2D eigenvalue weighted by atomic mass is 9.61. The molecule has 0 bridgehead atoms. The molecule has 3 nitrogen and oxygen atoms in total. The van der Waals surface area contributed by atoms with Crippen molar-refractivity contribution in [3.05, 3.63) is 18.3 Å². The first-order chi connectivity index (χ1) is 9.97. The Bertz CT molecular complexity index is 558. The van der Waals surface area contributed by atoms with Crippen LogP contribution in [0.5, 0.6) is 0 Å². The van der Waals surface area contributed by atoms with Gasteiger partial charge in [0.05, 0.1) is 0 Å². The summed E-state index contributed by atoms with van der Waals surface area (Å²) in [4.78, 5) is 4.38. The summed E-state index contributed by atoms with van der Waals surface area (Å²) in [5.41, 5.74) is 0.817. The van der Waals surface area contributed by atoms with Crippen molar-refractivity contribution in [1.82, 2.24) is 4.98 Å². The van der Waals surface area contributed by atoms with E-state index in [0.29, 0.717) is 16.7 Å². The molecule has 1 aromatic heterocycles. The van der Waals surface area contributed by atoms with Crippen LogP contribution in [0.4, 0.5) is 5.82 Å². The van der Waals surface area contributed by atoms with Crippen LogP contribution in [-0.2, 0) is 4.57 Å². The van der Waals surface area contributed by atoms with Gasteiger partial charge in [0.1, 0.15) is 13.0 Å². The molecule has 1 aliphatic rings. The maximum Gasteiger partial charge on any atom is 0.126 e. The number of anilines is 1. The third kappa shape index (κ3) is 4.84. The molecule has 2 rings (SSSR count). The summed E-state index contributed by atoms with van der Waals surface area (Å²) in [5, 5.41) is 4.37. The molecule has 0 saturated heterocycles. The molecule has 0 aliphatic heterocycles. The van der Waals surface area contributed by atoms with Crippen LogP contribution in [0.25, 0.3) is 0 Å². The Kier molecular flexibility index (Phi) is 4.78. The molecule has 1 aliphatic carbocycles. The molecule has 22 heavy (non-hydrogen) atoms. The summed E-state index contributed by atoms with van der Waals surface area (Å²) in [5.74, 6) is 1.52. The van der Waals surface area contributed by atoms with Gasteiger partial charge in [-0.1, -0.05) is 27.7 Å². The van der Waals surface area contributed by atoms with Gasteiger partial charge in [-0.15, -0.1) is 0 Å². The largest absolute Gasteiger partial charge is 0.370 e. The number of nitrogens with one attached hydrogen (secondary N) is 1. The fourth-order valence-corrected chi connectivity index (χ4v) is 5.18. The fourth-order valence-electron chi connectivity index (χ4n) is 4.32. The minimum atomic E-state index is -2.22. The second-order valence-corrected chi connectivity index (χ2v) is 12.1. The highest BCUT2D eigenvalue weighted by Gasteiger charge is 2.38. The van der Waals surface area contributed by atoms with Gasteiger partial charge in [0.2, 0.25) is 0 Å². The average molecular weight is 322 g/mol. The smallest absolute Gasteiger partial charge is 0.126 e. The molecule has 4 heteroatoms. The number of nitrogens with zero attached hydrogens (tertiary/aromatic N) is 1. The van der Waals surface area contributed by atoms with Crippen LogP contribution in [0.2, 0.25) is 0 Å². The molecule has 0 unspecified atom stereocenters. The van der Waals surface area contributed by atoms with Gasteiger partial charge in [-0.3, -0.25) is 0 Å². The quantitative estimate of drug-likeness (QED) is 0.824. The lowest BCUT2D eigenvalue weighted by Gasteiger charge is -2.45. The van der Waals surface area contributed by atoms with Crippen molar-refractivity contribution in [2.75, 3.05) is 25.2 Å². The molecular weight excluding hydrogens is 291 g/mol.